The SMILES string of the molecule is CC(C)OCCCNC(=O)Cc1cccc(OCCCN(Cc2cccc(C(F)(F)F)c2Cl)C(C)(c2ccccc2)c2ccccc2)c1. The van der Waals surface area contributed by atoms with Crippen LogP contribution in [0.4, 0.5) is 13.2 Å². The van der Waals surface area contributed by atoms with E-state index in [1.807, 2.05) is 98.8 Å². The highest BCUT2D eigenvalue weighted by atomic mass is 35.5. The minimum absolute atomic E-state index is 0.0679. The summed E-state index contributed by atoms with van der Waals surface area (Å²) in [5.74, 6) is 0.577. The Bertz CT molecular complexity index is 1540. The fourth-order valence-corrected chi connectivity index (χ4v) is 5.99. The predicted octanol–water partition coefficient (Wildman–Crippen LogP) is 9.07. The van der Waals surface area contributed by atoms with E-state index >= 15 is 0 Å². The molecule has 256 valence electrons. The minimum atomic E-state index is -4.56. The van der Waals surface area contributed by atoms with Crippen LogP contribution in [0, 0.1) is 0 Å². The van der Waals surface area contributed by atoms with Gasteiger partial charge in [-0.3, -0.25) is 9.69 Å². The lowest BCUT2D eigenvalue weighted by Gasteiger charge is -2.43. The van der Waals surface area contributed by atoms with Crippen LogP contribution in [0.2, 0.25) is 5.02 Å². The Hall–Kier alpha value is -3.85. The van der Waals surface area contributed by atoms with Gasteiger partial charge >= 0.3 is 6.18 Å². The highest BCUT2D eigenvalue weighted by Crippen LogP contribution is 2.40. The number of hydrogen-bond acceptors (Lipinski definition) is 4. The molecule has 0 fully saturated rings. The summed E-state index contributed by atoms with van der Waals surface area (Å²) < 4.78 is 53.1. The summed E-state index contributed by atoms with van der Waals surface area (Å²) in [6.45, 7) is 8.23. The number of benzene rings is 4. The number of carbonyl (C=O) groups excluding carboxylic acids is 1. The van der Waals surface area contributed by atoms with Gasteiger partial charge in [-0.25, -0.2) is 0 Å². The Labute approximate surface area is 287 Å². The molecule has 0 aliphatic heterocycles. The first-order chi connectivity index (χ1) is 23.0. The third kappa shape index (κ3) is 10.3. The summed E-state index contributed by atoms with van der Waals surface area (Å²) in [6.07, 6.45) is -2.84. The highest BCUT2D eigenvalue weighted by Gasteiger charge is 2.38. The molecule has 0 spiro atoms. The maximum Gasteiger partial charge on any atom is 0.417 e. The first-order valence-corrected chi connectivity index (χ1v) is 16.7. The number of hydrogen-bond donors (Lipinski definition) is 1. The lowest BCUT2D eigenvalue weighted by molar-refractivity contribution is -0.137. The van der Waals surface area contributed by atoms with Crippen molar-refractivity contribution in [1.29, 1.82) is 0 Å². The molecule has 0 aliphatic rings. The molecule has 5 nitrogen and oxygen atoms in total. The van der Waals surface area contributed by atoms with E-state index in [0.29, 0.717) is 44.0 Å². The number of nitrogens with one attached hydrogen (secondary N) is 1. The molecule has 1 amide bonds. The normalized spacial score (nSPS) is 12.0. The standard InChI is InChI=1S/C39H44ClF3N2O3/c1-29(2)47-24-12-22-44-36(46)27-30-14-10-20-34(26-30)48-25-13-23-45(28-31-15-11-21-35(37(31)40)39(41,42)43)38(3,32-16-6-4-7-17-32)33-18-8-5-9-19-33/h4-11,14-21,26,29H,12-13,22-25,27-28H2,1-3H3,(H,44,46). The Morgan fingerprint density at radius 1 is 0.854 bits per heavy atom. The Kier molecular flexibility index (Phi) is 13.5. The van der Waals surface area contributed by atoms with Crippen molar-refractivity contribution in [3.05, 3.63) is 136 Å². The monoisotopic (exact) mass is 680 g/mol. The molecule has 0 heterocycles. The smallest absolute Gasteiger partial charge is 0.417 e. The van der Waals surface area contributed by atoms with Crippen molar-refractivity contribution in [3.8, 4) is 5.75 Å². The van der Waals surface area contributed by atoms with E-state index in [1.54, 1.807) is 6.07 Å². The van der Waals surface area contributed by atoms with Crippen molar-refractivity contribution in [2.24, 2.45) is 0 Å². The van der Waals surface area contributed by atoms with Crippen LogP contribution in [0.1, 0.15) is 61.4 Å². The Morgan fingerprint density at radius 3 is 2.12 bits per heavy atom. The fraction of sp³-hybridized carbons (Fsp3) is 0.359. The van der Waals surface area contributed by atoms with Crippen molar-refractivity contribution in [1.82, 2.24) is 10.2 Å². The van der Waals surface area contributed by atoms with Crippen LogP contribution >= 0.6 is 11.6 Å². The molecule has 0 bridgehead atoms. The molecular weight excluding hydrogens is 637 g/mol. The Morgan fingerprint density at radius 2 is 1.50 bits per heavy atom. The van der Waals surface area contributed by atoms with Crippen molar-refractivity contribution < 1.29 is 27.4 Å². The number of rotatable bonds is 17. The zero-order valence-corrected chi connectivity index (χ0v) is 28.5. The third-order valence-corrected chi connectivity index (χ3v) is 8.69. The van der Waals surface area contributed by atoms with Gasteiger partial charge in [0, 0.05) is 26.2 Å². The molecule has 4 aromatic rings. The van der Waals surface area contributed by atoms with Crippen LogP contribution in [-0.4, -0.2) is 43.2 Å². The lowest BCUT2D eigenvalue weighted by atomic mass is 9.82. The topological polar surface area (TPSA) is 50.8 Å². The van der Waals surface area contributed by atoms with Crippen LogP contribution in [0.5, 0.6) is 5.75 Å². The van der Waals surface area contributed by atoms with Gasteiger partial charge < -0.3 is 14.8 Å². The van der Waals surface area contributed by atoms with Crippen LogP contribution < -0.4 is 10.1 Å². The molecule has 4 aromatic carbocycles. The quantitative estimate of drug-likeness (QED) is 0.113. The summed E-state index contributed by atoms with van der Waals surface area (Å²) in [6, 6.07) is 31.4. The second-order valence-electron chi connectivity index (χ2n) is 12.2. The van der Waals surface area contributed by atoms with Gasteiger partial charge in [0.1, 0.15) is 5.75 Å². The van der Waals surface area contributed by atoms with E-state index < -0.39 is 17.3 Å². The van der Waals surface area contributed by atoms with Crippen LogP contribution in [0.25, 0.3) is 0 Å². The zero-order chi connectivity index (χ0) is 34.6. The Balaban J connectivity index is 1.49. The molecular formula is C39H44ClF3N2O3. The van der Waals surface area contributed by atoms with Crippen molar-refractivity contribution >= 4 is 17.5 Å². The molecule has 0 atom stereocenters. The second-order valence-corrected chi connectivity index (χ2v) is 12.5. The van der Waals surface area contributed by atoms with Crippen LogP contribution in [-0.2, 0) is 34.2 Å². The number of halogens is 4. The fourth-order valence-electron chi connectivity index (χ4n) is 5.70. The first kappa shape index (κ1) is 37.0. The van der Waals surface area contributed by atoms with Crippen molar-refractivity contribution in [2.75, 3.05) is 26.3 Å². The summed E-state index contributed by atoms with van der Waals surface area (Å²) >= 11 is 6.42. The molecule has 0 saturated heterocycles. The predicted molar refractivity (Wildman–Crippen MR) is 185 cm³/mol. The van der Waals surface area contributed by atoms with Gasteiger partial charge in [0.25, 0.3) is 0 Å². The van der Waals surface area contributed by atoms with Crippen molar-refractivity contribution in [3.63, 3.8) is 0 Å². The molecule has 0 aliphatic carbocycles. The number of ether oxygens (including phenoxy) is 2. The van der Waals surface area contributed by atoms with Gasteiger partial charge in [-0.2, -0.15) is 13.2 Å². The molecule has 0 unspecified atom stereocenters. The minimum Gasteiger partial charge on any atom is -0.494 e. The second kappa shape index (κ2) is 17.5. The maximum absolute atomic E-state index is 13.8. The average molecular weight is 681 g/mol. The van der Waals surface area contributed by atoms with Gasteiger partial charge in [-0.05, 0) is 74.1 Å². The summed E-state index contributed by atoms with van der Waals surface area (Å²) in [7, 11) is 0. The van der Waals surface area contributed by atoms with Crippen LogP contribution in [0.3, 0.4) is 0 Å². The maximum atomic E-state index is 13.8. The molecule has 0 aromatic heterocycles. The summed E-state index contributed by atoms with van der Waals surface area (Å²) in [4.78, 5) is 14.6. The molecule has 0 saturated carbocycles. The number of carbonyl (C=O) groups is 1. The van der Waals surface area contributed by atoms with E-state index in [-0.39, 0.29) is 30.0 Å². The van der Waals surface area contributed by atoms with Gasteiger partial charge in [-0.15, -0.1) is 0 Å². The number of nitrogens with zero attached hydrogens (tertiary/aromatic N) is 1. The zero-order valence-electron chi connectivity index (χ0n) is 27.7. The van der Waals surface area contributed by atoms with Gasteiger partial charge in [0.2, 0.25) is 5.91 Å². The molecule has 0 radical (unpaired) electrons. The van der Waals surface area contributed by atoms with Gasteiger partial charge in [0.15, 0.2) is 0 Å². The lowest BCUT2D eigenvalue weighted by Crippen LogP contribution is -2.45. The highest BCUT2D eigenvalue weighted by molar-refractivity contribution is 6.32. The van der Waals surface area contributed by atoms with E-state index in [9.17, 15) is 18.0 Å². The number of alkyl halides is 3. The van der Waals surface area contributed by atoms with Crippen LogP contribution in [0.15, 0.2) is 103 Å². The molecule has 9 heteroatoms. The van der Waals surface area contributed by atoms with Crippen molar-refractivity contribution in [2.45, 2.75) is 64.4 Å². The molecule has 48 heavy (non-hydrogen) atoms. The largest absolute Gasteiger partial charge is 0.494 e. The van der Waals surface area contributed by atoms with E-state index in [0.717, 1.165) is 29.2 Å². The summed E-state index contributed by atoms with van der Waals surface area (Å²) in [5.41, 5.74) is 1.68. The van der Waals surface area contributed by atoms with E-state index in [4.69, 9.17) is 21.1 Å². The van der Waals surface area contributed by atoms with Gasteiger partial charge in [0.05, 0.1) is 35.3 Å². The van der Waals surface area contributed by atoms with E-state index in [1.165, 1.54) is 6.07 Å². The number of amides is 1. The molecule has 1 N–H and O–H groups in total. The average Bonchev–Trinajstić information content (AvgIpc) is 3.06. The summed E-state index contributed by atoms with van der Waals surface area (Å²) in [5, 5.41) is 2.64. The van der Waals surface area contributed by atoms with Gasteiger partial charge in [-0.1, -0.05) is 96.5 Å². The molecule has 4 rings (SSSR count). The third-order valence-electron chi connectivity index (χ3n) is 8.25. The first-order valence-electron chi connectivity index (χ1n) is 16.3. The van der Waals surface area contributed by atoms with E-state index in [2.05, 4.69) is 17.1 Å².